The van der Waals surface area contributed by atoms with Crippen LogP contribution in [0.5, 0.6) is 0 Å². The van der Waals surface area contributed by atoms with Crippen molar-refractivity contribution in [2.75, 3.05) is 16.3 Å². The number of rotatable bonds is 5. The summed E-state index contributed by atoms with van der Waals surface area (Å²) in [4.78, 5) is 48.2. The fourth-order valence-electron chi connectivity index (χ4n) is 4.90. The molecule has 7 nitrogen and oxygen atoms in total. The van der Waals surface area contributed by atoms with Crippen molar-refractivity contribution in [3.8, 4) is 0 Å². The minimum Gasteiger partial charge on any atom is -0.310 e. The quantitative estimate of drug-likeness (QED) is 0.424. The molecule has 1 aliphatic heterocycles. The Balaban J connectivity index is 1.62. The number of anilines is 2. The third-order valence-corrected chi connectivity index (χ3v) is 6.90. The smallest absolute Gasteiger partial charge is 0.295 e. The van der Waals surface area contributed by atoms with Crippen molar-refractivity contribution in [2.24, 2.45) is 0 Å². The summed E-state index contributed by atoms with van der Waals surface area (Å²) in [6, 6.07) is 22.0. The van der Waals surface area contributed by atoms with Crippen molar-refractivity contribution < 1.29 is 9.59 Å². The van der Waals surface area contributed by atoms with Crippen LogP contribution in [0.4, 0.5) is 11.5 Å². The second kappa shape index (κ2) is 9.41. The van der Waals surface area contributed by atoms with E-state index in [1.807, 2.05) is 67.6 Å². The normalized spacial score (nSPS) is 13.5. The minimum atomic E-state index is -0.789. The number of nitrogens with zero attached hydrogens (tertiary/aromatic N) is 4. The highest BCUT2D eigenvalue weighted by Gasteiger charge is 2.31. The van der Waals surface area contributed by atoms with Crippen LogP contribution in [0, 0.1) is 6.92 Å². The van der Waals surface area contributed by atoms with Gasteiger partial charge in [0.1, 0.15) is 6.04 Å². The number of carbonyl (C=O) groups excluding carboxylic acids is 2. The lowest BCUT2D eigenvalue weighted by Crippen LogP contribution is -2.42. The lowest BCUT2D eigenvalue weighted by molar-refractivity contribution is -0.121. The molecule has 2 amide bonds. The molecule has 36 heavy (non-hydrogen) atoms. The molecule has 1 aliphatic rings. The molecule has 1 unspecified atom stereocenters. The van der Waals surface area contributed by atoms with Crippen LogP contribution in [0.25, 0.3) is 11.0 Å². The SMILES string of the molecule is CC(=O)N(Cc1ccccc1C)c1nc2ccccc2n(C(C)C(=O)N2CCc3ccccc32)c1=O. The standard InChI is InChI=1S/C29H28N4O3/c1-19-10-4-5-12-23(19)18-32(21(3)34)27-29(36)33(26-15-9-7-13-24(26)30-27)20(2)28(35)31-17-16-22-11-6-8-14-25(22)31/h4-15,20H,16-18H2,1-3H3. The molecule has 3 aromatic carbocycles. The molecule has 4 aromatic rings. The van der Waals surface area contributed by atoms with Crippen LogP contribution in [-0.4, -0.2) is 27.9 Å². The zero-order valence-corrected chi connectivity index (χ0v) is 20.6. The third-order valence-electron chi connectivity index (χ3n) is 6.90. The summed E-state index contributed by atoms with van der Waals surface area (Å²) in [6.45, 7) is 5.91. The molecule has 7 heteroatoms. The number of benzene rings is 3. The zero-order chi connectivity index (χ0) is 25.4. The Morgan fingerprint density at radius 1 is 1.00 bits per heavy atom. The molecule has 2 heterocycles. The summed E-state index contributed by atoms with van der Waals surface area (Å²) >= 11 is 0. The number of para-hydroxylation sites is 3. The molecule has 0 spiro atoms. The Kier molecular flexibility index (Phi) is 6.14. The first kappa shape index (κ1) is 23.5. The van der Waals surface area contributed by atoms with Gasteiger partial charge in [0.15, 0.2) is 0 Å². The van der Waals surface area contributed by atoms with Crippen molar-refractivity contribution >= 4 is 34.4 Å². The average molecular weight is 481 g/mol. The summed E-state index contributed by atoms with van der Waals surface area (Å²) in [7, 11) is 0. The van der Waals surface area contributed by atoms with Crippen LogP contribution < -0.4 is 15.4 Å². The Hall–Kier alpha value is -4.26. The predicted octanol–water partition coefficient (Wildman–Crippen LogP) is 4.41. The highest BCUT2D eigenvalue weighted by atomic mass is 16.2. The molecule has 5 rings (SSSR count). The van der Waals surface area contributed by atoms with E-state index >= 15 is 0 Å². The van der Waals surface area contributed by atoms with Gasteiger partial charge in [0.05, 0.1) is 17.6 Å². The van der Waals surface area contributed by atoms with Gasteiger partial charge in [-0.15, -0.1) is 0 Å². The number of aromatic nitrogens is 2. The molecular formula is C29H28N4O3. The molecule has 0 N–H and O–H groups in total. The number of hydrogen-bond donors (Lipinski definition) is 0. The average Bonchev–Trinajstić information content (AvgIpc) is 3.31. The maximum atomic E-state index is 13.9. The summed E-state index contributed by atoms with van der Waals surface area (Å²) < 4.78 is 1.48. The van der Waals surface area contributed by atoms with Crippen molar-refractivity contribution in [3.63, 3.8) is 0 Å². The van der Waals surface area contributed by atoms with E-state index in [4.69, 9.17) is 0 Å². The van der Waals surface area contributed by atoms with E-state index in [1.165, 1.54) is 16.4 Å². The van der Waals surface area contributed by atoms with Crippen molar-refractivity contribution in [3.05, 3.63) is 99.8 Å². The Morgan fingerprint density at radius 2 is 1.69 bits per heavy atom. The molecule has 1 atom stereocenters. The number of fused-ring (bicyclic) bond motifs is 2. The van der Waals surface area contributed by atoms with Gasteiger partial charge < -0.3 is 4.90 Å². The van der Waals surface area contributed by atoms with E-state index in [2.05, 4.69) is 4.98 Å². The topological polar surface area (TPSA) is 75.5 Å². The van der Waals surface area contributed by atoms with Crippen molar-refractivity contribution in [1.82, 2.24) is 9.55 Å². The van der Waals surface area contributed by atoms with E-state index in [1.54, 1.807) is 24.0 Å². The van der Waals surface area contributed by atoms with Gasteiger partial charge in [0.2, 0.25) is 17.6 Å². The highest BCUT2D eigenvalue weighted by Crippen LogP contribution is 2.30. The first-order valence-corrected chi connectivity index (χ1v) is 12.1. The maximum Gasteiger partial charge on any atom is 0.295 e. The van der Waals surface area contributed by atoms with Gasteiger partial charge >= 0.3 is 0 Å². The van der Waals surface area contributed by atoms with Crippen LogP contribution in [0.3, 0.4) is 0 Å². The largest absolute Gasteiger partial charge is 0.310 e. The third kappa shape index (κ3) is 4.06. The molecule has 0 saturated carbocycles. The molecule has 0 fully saturated rings. The molecular weight excluding hydrogens is 452 g/mol. The highest BCUT2D eigenvalue weighted by molar-refractivity contribution is 5.99. The lowest BCUT2D eigenvalue weighted by atomic mass is 10.1. The van der Waals surface area contributed by atoms with Crippen LogP contribution in [0.15, 0.2) is 77.6 Å². The number of carbonyl (C=O) groups is 2. The van der Waals surface area contributed by atoms with Gasteiger partial charge in [0.25, 0.3) is 5.56 Å². The second-order valence-electron chi connectivity index (χ2n) is 9.18. The van der Waals surface area contributed by atoms with E-state index in [0.717, 1.165) is 28.8 Å². The van der Waals surface area contributed by atoms with E-state index in [0.29, 0.717) is 17.6 Å². The molecule has 0 radical (unpaired) electrons. The molecule has 0 saturated heterocycles. The van der Waals surface area contributed by atoms with Crippen molar-refractivity contribution in [1.29, 1.82) is 0 Å². The Bertz CT molecular complexity index is 1540. The Morgan fingerprint density at radius 3 is 2.47 bits per heavy atom. The molecule has 0 aliphatic carbocycles. The lowest BCUT2D eigenvalue weighted by Gasteiger charge is -2.26. The van der Waals surface area contributed by atoms with Gasteiger partial charge in [-0.25, -0.2) is 4.98 Å². The summed E-state index contributed by atoms with van der Waals surface area (Å²) in [5.74, 6) is -0.444. The van der Waals surface area contributed by atoms with Crippen LogP contribution in [-0.2, 0) is 22.6 Å². The van der Waals surface area contributed by atoms with Crippen molar-refractivity contribution in [2.45, 2.75) is 39.8 Å². The van der Waals surface area contributed by atoms with Gasteiger partial charge in [-0.3, -0.25) is 23.9 Å². The predicted molar refractivity (Wildman–Crippen MR) is 141 cm³/mol. The second-order valence-corrected chi connectivity index (χ2v) is 9.18. The zero-order valence-electron chi connectivity index (χ0n) is 20.6. The number of aryl methyl sites for hydroxylation is 1. The van der Waals surface area contributed by atoms with Gasteiger partial charge in [-0.1, -0.05) is 54.6 Å². The molecule has 0 bridgehead atoms. The monoisotopic (exact) mass is 480 g/mol. The minimum absolute atomic E-state index is 0.0194. The number of amides is 2. The van der Waals surface area contributed by atoms with Gasteiger partial charge in [-0.05, 0) is 55.2 Å². The van der Waals surface area contributed by atoms with Gasteiger partial charge in [0, 0.05) is 19.2 Å². The fraction of sp³-hybridized carbons (Fsp3) is 0.241. The maximum absolute atomic E-state index is 13.9. The first-order valence-electron chi connectivity index (χ1n) is 12.1. The van der Waals surface area contributed by atoms with Gasteiger partial charge in [-0.2, -0.15) is 0 Å². The van der Waals surface area contributed by atoms with Crippen LogP contribution in [0.1, 0.15) is 36.6 Å². The Labute approximate surface area is 209 Å². The summed E-state index contributed by atoms with van der Waals surface area (Å²) in [5.41, 5.74) is 4.57. The fourth-order valence-corrected chi connectivity index (χ4v) is 4.90. The van der Waals surface area contributed by atoms with E-state index in [9.17, 15) is 14.4 Å². The molecule has 1 aromatic heterocycles. The molecule has 182 valence electrons. The first-order chi connectivity index (χ1) is 17.4. The van der Waals surface area contributed by atoms with E-state index < -0.39 is 11.6 Å². The van der Waals surface area contributed by atoms with Crippen LogP contribution in [0.2, 0.25) is 0 Å². The summed E-state index contributed by atoms with van der Waals surface area (Å²) in [6.07, 6.45) is 0.778. The number of hydrogen-bond acceptors (Lipinski definition) is 4. The summed E-state index contributed by atoms with van der Waals surface area (Å²) in [5, 5.41) is 0. The van der Waals surface area contributed by atoms with E-state index in [-0.39, 0.29) is 24.2 Å². The van der Waals surface area contributed by atoms with Crippen LogP contribution >= 0.6 is 0 Å².